The van der Waals surface area contributed by atoms with Crippen LogP contribution in [0.25, 0.3) is 110 Å². The van der Waals surface area contributed by atoms with Gasteiger partial charge < -0.3 is 0 Å². The van der Waals surface area contributed by atoms with Crippen molar-refractivity contribution in [2.75, 3.05) is 0 Å². The minimum Gasteiger partial charge on any atom is -0.247 e. The van der Waals surface area contributed by atoms with E-state index >= 15 is 0 Å². The normalized spacial score (nSPS) is 11.7. The molecule has 3 nitrogen and oxygen atoms in total. The molecule has 2 heterocycles. The van der Waals surface area contributed by atoms with E-state index in [0.717, 1.165) is 55.6 Å². The Bertz CT molecular complexity index is 3280. The topological polar surface area (TPSA) is 38.7 Å². The minimum absolute atomic E-state index is 0.704. The summed E-state index contributed by atoms with van der Waals surface area (Å²) in [5, 5.41) is 11.9. The quantitative estimate of drug-likeness (QED) is 0.173. The van der Waals surface area contributed by atoms with Gasteiger partial charge in [0, 0.05) is 38.2 Å². The maximum absolute atomic E-state index is 5.40. The molecule has 0 saturated carbocycles. The fraction of sp³-hybridized carbons (Fsp3) is 0. The summed E-state index contributed by atoms with van der Waals surface area (Å²) in [6, 6.07) is 66.7. The molecule has 11 aromatic rings. The molecule has 9 aromatic carbocycles. The molecule has 3 heteroatoms. The van der Waals surface area contributed by atoms with Gasteiger partial charge >= 0.3 is 0 Å². The number of para-hydroxylation sites is 2. The first-order valence-corrected chi connectivity index (χ1v) is 18.4. The summed E-state index contributed by atoms with van der Waals surface area (Å²) in [6.45, 7) is 0. The lowest BCUT2D eigenvalue weighted by molar-refractivity contribution is 1.23. The molecule has 2 aromatic heterocycles. The van der Waals surface area contributed by atoms with E-state index in [9.17, 15) is 0 Å². The second kappa shape index (κ2) is 12.2. The minimum atomic E-state index is 0.704. The SMILES string of the molecule is c1cc(-c2cccc(-c3nc4ccccc4c4c5ccccc5c5ccccc5c34)c2)cc(-c2nc(-c3cccc4ccccc34)c3ccccc3n2)c1. The van der Waals surface area contributed by atoms with E-state index < -0.39 is 0 Å². The third kappa shape index (κ3) is 4.79. The van der Waals surface area contributed by atoms with Crippen LogP contribution in [0, 0.1) is 0 Å². The zero-order valence-corrected chi connectivity index (χ0v) is 29.2. The highest BCUT2D eigenvalue weighted by molar-refractivity contribution is 6.33. The molecule has 0 fully saturated rings. The van der Waals surface area contributed by atoms with Crippen molar-refractivity contribution in [3.8, 4) is 45.0 Å². The molecule has 0 aliphatic carbocycles. The van der Waals surface area contributed by atoms with Crippen molar-refractivity contribution in [2.45, 2.75) is 0 Å². The maximum Gasteiger partial charge on any atom is 0.160 e. The fourth-order valence-corrected chi connectivity index (χ4v) is 8.36. The highest BCUT2D eigenvalue weighted by Crippen LogP contribution is 2.43. The van der Waals surface area contributed by atoms with Crippen LogP contribution in [0.5, 0.6) is 0 Å². The van der Waals surface area contributed by atoms with Crippen molar-refractivity contribution < 1.29 is 0 Å². The summed E-state index contributed by atoms with van der Waals surface area (Å²) in [6.07, 6.45) is 0. The molecule has 0 saturated heterocycles. The van der Waals surface area contributed by atoms with Crippen LogP contribution in [0.2, 0.25) is 0 Å². The monoisotopic (exact) mass is 685 g/mol. The number of hydrogen-bond acceptors (Lipinski definition) is 3. The van der Waals surface area contributed by atoms with Gasteiger partial charge in [-0.05, 0) is 67.7 Å². The van der Waals surface area contributed by atoms with Crippen molar-refractivity contribution in [1.82, 2.24) is 15.0 Å². The van der Waals surface area contributed by atoms with Gasteiger partial charge in [-0.1, -0.05) is 164 Å². The molecular formula is C51H31N3. The third-order valence-corrected chi connectivity index (χ3v) is 10.8. The lowest BCUT2D eigenvalue weighted by Gasteiger charge is -2.16. The molecule has 250 valence electrons. The Labute approximate surface area is 311 Å². The highest BCUT2D eigenvalue weighted by Gasteiger charge is 2.18. The van der Waals surface area contributed by atoms with Gasteiger partial charge in [-0.3, -0.25) is 0 Å². The molecule has 0 bridgehead atoms. The Balaban J connectivity index is 1.10. The van der Waals surface area contributed by atoms with Gasteiger partial charge in [0.05, 0.1) is 22.4 Å². The Morgan fingerprint density at radius 1 is 0.278 bits per heavy atom. The summed E-state index contributed by atoms with van der Waals surface area (Å²) in [7, 11) is 0. The number of pyridine rings is 1. The summed E-state index contributed by atoms with van der Waals surface area (Å²) in [4.78, 5) is 15.8. The van der Waals surface area contributed by atoms with Crippen LogP contribution in [0.15, 0.2) is 188 Å². The molecule has 0 spiro atoms. The lowest BCUT2D eigenvalue weighted by Crippen LogP contribution is -1.96. The number of fused-ring (bicyclic) bond motifs is 10. The number of rotatable bonds is 4. The first-order valence-electron chi connectivity index (χ1n) is 18.4. The summed E-state index contributed by atoms with van der Waals surface area (Å²) in [5.74, 6) is 0.704. The first kappa shape index (κ1) is 30.4. The van der Waals surface area contributed by atoms with Gasteiger partial charge in [-0.25, -0.2) is 15.0 Å². The van der Waals surface area contributed by atoms with Crippen molar-refractivity contribution in [3.63, 3.8) is 0 Å². The summed E-state index contributed by atoms with van der Waals surface area (Å²) >= 11 is 0. The van der Waals surface area contributed by atoms with E-state index in [0.29, 0.717) is 5.82 Å². The Morgan fingerprint density at radius 2 is 0.778 bits per heavy atom. The van der Waals surface area contributed by atoms with Crippen LogP contribution in [0.1, 0.15) is 0 Å². The third-order valence-electron chi connectivity index (χ3n) is 10.8. The second-order valence-electron chi connectivity index (χ2n) is 13.9. The Morgan fingerprint density at radius 3 is 1.52 bits per heavy atom. The van der Waals surface area contributed by atoms with Gasteiger partial charge in [-0.2, -0.15) is 0 Å². The zero-order valence-electron chi connectivity index (χ0n) is 29.2. The van der Waals surface area contributed by atoms with Crippen molar-refractivity contribution in [3.05, 3.63) is 188 Å². The lowest BCUT2D eigenvalue weighted by atomic mass is 9.89. The van der Waals surface area contributed by atoms with Crippen LogP contribution >= 0.6 is 0 Å². The number of aromatic nitrogens is 3. The fourth-order valence-electron chi connectivity index (χ4n) is 8.36. The molecule has 0 N–H and O–H groups in total. The first-order chi connectivity index (χ1) is 26.8. The van der Waals surface area contributed by atoms with Gasteiger partial charge in [0.1, 0.15) is 0 Å². The van der Waals surface area contributed by atoms with E-state index in [1.165, 1.54) is 48.5 Å². The number of benzene rings is 9. The van der Waals surface area contributed by atoms with Gasteiger partial charge in [0.15, 0.2) is 5.82 Å². The molecule has 11 rings (SSSR count). The number of nitrogens with zero attached hydrogens (tertiary/aromatic N) is 3. The Kier molecular flexibility index (Phi) is 6.86. The van der Waals surface area contributed by atoms with Crippen LogP contribution in [0.4, 0.5) is 0 Å². The van der Waals surface area contributed by atoms with Crippen molar-refractivity contribution in [1.29, 1.82) is 0 Å². The van der Waals surface area contributed by atoms with E-state index in [-0.39, 0.29) is 0 Å². The molecule has 0 unspecified atom stereocenters. The smallest absolute Gasteiger partial charge is 0.160 e. The molecule has 0 atom stereocenters. The molecule has 0 radical (unpaired) electrons. The summed E-state index contributed by atoms with van der Waals surface area (Å²) < 4.78 is 0. The summed E-state index contributed by atoms with van der Waals surface area (Å²) in [5.41, 5.74) is 9.19. The van der Waals surface area contributed by atoms with E-state index in [1.807, 2.05) is 6.07 Å². The molecule has 54 heavy (non-hydrogen) atoms. The van der Waals surface area contributed by atoms with Crippen LogP contribution in [-0.4, -0.2) is 15.0 Å². The Hall–Kier alpha value is -7.23. The van der Waals surface area contributed by atoms with E-state index in [2.05, 4.69) is 182 Å². The van der Waals surface area contributed by atoms with E-state index in [1.54, 1.807) is 0 Å². The second-order valence-corrected chi connectivity index (χ2v) is 13.9. The van der Waals surface area contributed by atoms with Crippen molar-refractivity contribution in [2.24, 2.45) is 0 Å². The highest BCUT2D eigenvalue weighted by atomic mass is 14.9. The molecule has 0 amide bonds. The van der Waals surface area contributed by atoms with Crippen LogP contribution < -0.4 is 0 Å². The average Bonchev–Trinajstić information content (AvgIpc) is 3.25. The molecular weight excluding hydrogens is 655 g/mol. The molecule has 0 aliphatic heterocycles. The van der Waals surface area contributed by atoms with Gasteiger partial charge in [-0.15, -0.1) is 0 Å². The standard InChI is InChI=1S/C51H31N3/c1-2-20-37-32(14-1)15-13-27-42(37)50-44-26-8-10-29-46(44)53-51(54-50)36-19-12-17-34(31-36)33-16-11-18-35(30-33)49-48-41-24-6-4-22-39(41)38-21-3-5-23-40(38)47(48)43-25-7-9-28-45(43)52-49/h1-31H. The zero-order chi connectivity index (χ0) is 35.6. The van der Waals surface area contributed by atoms with E-state index in [4.69, 9.17) is 15.0 Å². The molecule has 0 aliphatic rings. The maximum atomic E-state index is 5.40. The van der Waals surface area contributed by atoms with Crippen molar-refractivity contribution >= 4 is 64.9 Å². The van der Waals surface area contributed by atoms with Gasteiger partial charge in [0.25, 0.3) is 0 Å². The van der Waals surface area contributed by atoms with Crippen LogP contribution in [0.3, 0.4) is 0 Å². The predicted octanol–water partition coefficient (Wildman–Crippen LogP) is 13.5. The number of hydrogen-bond donors (Lipinski definition) is 0. The van der Waals surface area contributed by atoms with Gasteiger partial charge in [0.2, 0.25) is 0 Å². The van der Waals surface area contributed by atoms with Crippen LogP contribution in [-0.2, 0) is 0 Å². The predicted molar refractivity (Wildman–Crippen MR) is 227 cm³/mol. The average molecular weight is 686 g/mol. The largest absolute Gasteiger partial charge is 0.247 e.